The quantitative estimate of drug-likeness (QED) is 0.600. The number of para-hydroxylation sites is 1. The van der Waals surface area contributed by atoms with Gasteiger partial charge in [-0.1, -0.05) is 18.2 Å². The normalized spacial score (nSPS) is 15.3. The van der Waals surface area contributed by atoms with E-state index in [1.54, 1.807) is 0 Å². The Kier molecular flexibility index (Phi) is 5.97. The molecule has 8 heteroatoms. The Morgan fingerprint density at radius 3 is 2.56 bits per heavy atom. The Morgan fingerprint density at radius 2 is 1.89 bits per heavy atom. The fraction of sp³-hybridized carbons (Fsp3) is 0.316. The third-order valence-electron chi connectivity index (χ3n) is 4.53. The number of rotatable bonds is 6. The SMILES string of the molecule is O=C(CN1CCC(Nc2ccc(F)cc2[N+](=O)[O-])CC1)Nc1ccccc1. The monoisotopic (exact) mass is 372 g/mol. The molecule has 2 N–H and O–H groups in total. The first-order chi connectivity index (χ1) is 13.0. The maximum atomic E-state index is 13.2. The number of hydrogen-bond acceptors (Lipinski definition) is 5. The van der Waals surface area contributed by atoms with Gasteiger partial charge in [-0.2, -0.15) is 0 Å². The van der Waals surface area contributed by atoms with Gasteiger partial charge in [0, 0.05) is 24.8 Å². The van der Waals surface area contributed by atoms with Gasteiger partial charge < -0.3 is 10.6 Å². The number of halogens is 1. The Bertz CT molecular complexity index is 808. The van der Waals surface area contributed by atoms with Crippen LogP contribution in [0.25, 0.3) is 0 Å². The molecule has 0 unspecified atom stereocenters. The molecule has 0 aromatic heterocycles. The van der Waals surface area contributed by atoms with E-state index >= 15 is 0 Å². The van der Waals surface area contributed by atoms with Crippen molar-refractivity contribution in [2.24, 2.45) is 0 Å². The summed E-state index contributed by atoms with van der Waals surface area (Å²) in [5, 5.41) is 17.1. The molecule has 1 fully saturated rings. The molecule has 1 heterocycles. The van der Waals surface area contributed by atoms with Gasteiger partial charge in [0.2, 0.25) is 5.91 Å². The molecule has 2 aromatic carbocycles. The number of nitrogens with zero attached hydrogens (tertiary/aromatic N) is 2. The number of likely N-dealkylation sites (tertiary alicyclic amines) is 1. The van der Waals surface area contributed by atoms with Crippen molar-refractivity contribution in [3.8, 4) is 0 Å². The molecule has 0 spiro atoms. The lowest BCUT2D eigenvalue weighted by atomic mass is 10.0. The molecular formula is C19H21FN4O3. The van der Waals surface area contributed by atoms with Crippen LogP contribution >= 0.6 is 0 Å². The largest absolute Gasteiger partial charge is 0.377 e. The topological polar surface area (TPSA) is 87.5 Å². The minimum absolute atomic E-state index is 0.0441. The van der Waals surface area contributed by atoms with E-state index in [0.29, 0.717) is 25.3 Å². The van der Waals surface area contributed by atoms with Crippen LogP contribution in [-0.4, -0.2) is 41.4 Å². The van der Waals surface area contributed by atoms with Crippen molar-refractivity contribution in [2.45, 2.75) is 18.9 Å². The fourth-order valence-corrected chi connectivity index (χ4v) is 3.16. The second kappa shape index (κ2) is 8.59. The molecule has 0 atom stereocenters. The molecular weight excluding hydrogens is 351 g/mol. The minimum Gasteiger partial charge on any atom is -0.377 e. The molecule has 7 nitrogen and oxygen atoms in total. The lowest BCUT2D eigenvalue weighted by Crippen LogP contribution is -2.42. The zero-order valence-electron chi connectivity index (χ0n) is 14.7. The van der Waals surface area contributed by atoms with Gasteiger partial charge in [-0.15, -0.1) is 0 Å². The Balaban J connectivity index is 1.49. The molecule has 1 saturated heterocycles. The van der Waals surface area contributed by atoms with Gasteiger partial charge in [-0.3, -0.25) is 19.8 Å². The van der Waals surface area contributed by atoms with Crippen LogP contribution < -0.4 is 10.6 Å². The van der Waals surface area contributed by atoms with Crippen LogP contribution in [0, 0.1) is 15.9 Å². The molecule has 2 aromatic rings. The zero-order chi connectivity index (χ0) is 19.2. The molecule has 1 aliphatic heterocycles. The second-order valence-electron chi connectivity index (χ2n) is 6.53. The van der Waals surface area contributed by atoms with Crippen LogP contribution in [0.4, 0.5) is 21.5 Å². The van der Waals surface area contributed by atoms with E-state index in [9.17, 15) is 19.3 Å². The number of hydrogen-bond donors (Lipinski definition) is 2. The van der Waals surface area contributed by atoms with E-state index in [4.69, 9.17) is 0 Å². The van der Waals surface area contributed by atoms with Crippen molar-refractivity contribution in [3.63, 3.8) is 0 Å². The van der Waals surface area contributed by atoms with Gasteiger partial charge in [0.25, 0.3) is 5.69 Å². The molecule has 3 rings (SSSR count). The average Bonchev–Trinajstić information content (AvgIpc) is 2.65. The molecule has 1 aliphatic rings. The highest BCUT2D eigenvalue weighted by atomic mass is 19.1. The minimum atomic E-state index is -0.633. The van der Waals surface area contributed by atoms with Gasteiger partial charge in [0.15, 0.2) is 0 Å². The number of nitrogens with one attached hydrogen (secondary N) is 2. The molecule has 0 saturated carbocycles. The smallest absolute Gasteiger partial charge is 0.295 e. The summed E-state index contributed by atoms with van der Waals surface area (Å²) in [6, 6.07) is 12.9. The summed E-state index contributed by atoms with van der Waals surface area (Å²) in [6.45, 7) is 1.71. The maximum Gasteiger partial charge on any atom is 0.295 e. The summed E-state index contributed by atoms with van der Waals surface area (Å²) < 4.78 is 13.2. The number of nitro benzene ring substituents is 1. The summed E-state index contributed by atoms with van der Waals surface area (Å²) in [6.07, 6.45) is 1.49. The molecule has 27 heavy (non-hydrogen) atoms. The third-order valence-corrected chi connectivity index (χ3v) is 4.53. The van der Waals surface area contributed by atoms with E-state index in [1.165, 1.54) is 12.1 Å². The third kappa shape index (κ3) is 5.24. The van der Waals surface area contributed by atoms with E-state index in [2.05, 4.69) is 15.5 Å². The number of piperidine rings is 1. The molecule has 0 radical (unpaired) electrons. The van der Waals surface area contributed by atoms with Crippen molar-refractivity contribution in [1.82, 2.24) is 4.90 Å². The number of carbonyl (C=O) groups is 1. The number of benzene rings is 2. The van der Waals surface area contributed by atoms with Gasteiger partial charge in [-0.05, 0) is 37.1 Å². The highest BCUT2D eigenvalue weighted by Crippen LogP contribution is 2.27. The second-order valence-corrected chi connectivity index (χ2v) is 6.53. The van der Waals surface area contributed by atoms with Crippen LogP contribution in [0.2, 0.25) is 0 Å². The number of nitro groups is 1. The van der Waals surface area contributed by atoms with E-state index in [-0.39, 0.29) is 17.6 Å². The molecule has 0 aliphatic carbocycles. The van der Waals surface area contributed by atoms with Gasteiger partial charge in [0.1, 0.15) is 11.5 Å². The van der Waals surface area contributed by atoms with Crippen LogP contribution in [0.5, 0.6) is 0 Å². The summed E-state index contributed by atoms with van der Waals surface area (Å²) in [7, 11) is 0. The number of anilines is 2. The molecule has 142 valence electrons. The predicted molar refractivity (Wildman–Crippen MR) is 101 cm³/mol. The van der Waals surface area contributed by atoms with Crippen LogP contribution in [0.1, 0.15) is 12.8 Å². The zero-order valence-corrected chi connectivity index (χ0v) is 14.7. The van der Waals surface area contributed by atoms with Crippen molar-refractivity contribution in [2.75, 3.05) is 30.3 Å². The average molecular weight is 372 g/mol. The van der Waals surface area contributed by atoms with Crippen LogP contribution in [0.15, 0.2) is 48.5 Å². The van der Waals surface area contributed by atoms with Gasteiger partial charge >= 0.3 is 0 Å². The standard InChI is InChI=1S/C19H21FN4O3/c20-14-6-7-17(18(12-14)24(26)27)21-16-8-10-23(11-9-16)13-19(25)22-15-4-2-1-3-5-15/h1-7,12,16,21H,8-11,13H2,(H,22,25). The summed E-state index contributed by atoms with van der Waals surface area (Å²) in [5.41, 5.74) is 0.823. The summed E-state index contributed by atoms with van der Waals surface area (Å²) in [4.78, 5) is 24.7. The van der Waals surface area contributed by atoms with Crippen molar-refractivity contribution < 1.29 is 14.1 Å². The first-order valence-electron chi connectivity index (χ1n) is 8.79. The highest BCUT2D eigenvalue weighted by Gasteiger charge is 2.23. The lowest BCUT2D eigenvalue weighted by molar-refractivity contribution is -0.384. The van der Waals surface area contributed by atoms with E-state index in [1.807, 2.05) is 30.3 Å². The maximum absolute atomic E-state index is 13.2. The van der Waals surface area contributed by atoms with Crippen molar-refractivity contribution in [3.05, 3.63) is 64.5 Å². The Labute approximate surface area is 156 Å². The summed E-state index contributed by atoms with van der Waals surface area (Å²) in [5.74, 6) is -0.701. The van der Waals surface area contributed by atoms with Gasteiger partial charge in [0.05, 0.1) is 17.5 Å². The van der Waals surface area contributed by atoms with Crippen molar-refractivity contribution >= 4 is 23.0 Å². The number of carbonyl (C=O) groups excluding carboxylic acids is 1. The van der Waals surface area contributed by atoms with E-state index in [0.717, 1.165) is 24.6 Å². The fourth-order valence-electron chi connectivity index (χ4n) is 3.16. The Morgan fingerprint density at radius 1 is 1.19 bits per heavy atom. The molecule has 0 bridgehead atoms. The predicted octanol–water partition coefficient (Wildman–Crippen LogP) is 3.25. The molecule has 1 amide bonds. The summed E-state index contributed by atoms with van der Waals surface area (Å²) >= 11 is 0. The van der Waals surface area contributed by atoms with Crippen LogP contribution in [0.3, 0.4) is 0 Å². The highest BCUT2D eigenvalue weighted by molar-refractivity contribution is 5.92. The first kappa shape index (κ1) is 18.8. The first-order valence-corrected chi connectivity index (χ1v) is 8.79. The van der Waals surface area contributed by atoms with Gasteiger partial charge in [-0.25, -0.2) is 4.39 Å². The number of amides is 1. The van der Waals surface area contributed by atoms with Crippen LogP contribution in [-0.2, 0) is 4.79 Å². The van der Waals surface area contributed by atoms with E-state index < -0.39 is 10.7 Å². The van der Waals surface area contributed by atoms with Crippen molar-refractivity contribution in [1.29, 1.82) is 0 Å². The lowest BCUT2D eigenvalue weighted by Gasteiger charge is -2.32. The Hall–Kier alpha value is -3.00.